The van der Waals surface area contributed by atoms with E-state index in [1.165, 1.54) is 36.8 Å². The van der Waals surface area contributed by atoms with E-state index < -0.39 is 0 Å². The van der Waals surface area contributed by atoms with E-state index in [1.54, 1.807) is 0 Å². The Morgan fingerprint density at radius 1 is 1.38 bits per heavy atom. The first kappa shape index (κ1) is 8.86. The van der Waals surface area contributed by atoms with Gasteiger partial charge in [0.05, 0.1) is 6.26 Å². The average molecular weight is 177 g/mol. The first-order valence-corrected chi connectivity index (χ1v) is 5.28. The van der Waals surface area contributed by atoms with Crippen molar-refractivity contribution in [2.45, 2.75) is 51.4 Å². The van der Waals surface area contributed by atoms with Gasteiger partial charge < -0.3 is 4.42 Å². The molecular weight excluding hydrogens is 160 g/mol. The molecule has 13 heavy (non-hydrogen) atoms. The van der Waals surface area contributed by atoms with Crippen molar-refractivity contribution < 1.29 is 4.42 Å². The van der Waals surface area contributed by atoms with Crippen molar-refractivity contribution in [3.63, 3.8) is 0 Å². The molecule has 0 saturated heterocycles. The van der Waals surface area contributed by atoms with Gasteiger partial charge in [0.25, 0.3) is 0 Å². The third-order valence-corrected chi connectivity index (χ3v) is 3.05. The largest absolute Gasteiger partial charge is 0.460 e. The lowest BCUT2D eigenvalue weighted by Crippen LogP contribution is -1.96. The van der Waals surface area contributed by atoms with Gasteiger partial charge in [-0.25, -0.2) is 0 Å². The molecule has 0 spiro atoms. The summed E-state index contributed by atoms with van der Waals surface area (Å²) in [4.78, 5) is 0. The van der Waals surface area contributed by atoms with Crippen LogP contribution in [0, 0.1) is 6.26 Å². The summed E-state index contributed by atoms with van der Waals surface area (Å²) in [6.07, 6.45) is 10.3. The summed E-state index contributed by atoms with van der Waals surface area (Å²) in [5, 5.41) is 0. The lowest BCUT2D eigenvalue weighted by Gasteiger charge is -2.10. The van der Waals surface area contributed by atoms with E-state index in [0.717, 1.165) is 5.92 Å². The lowest BCUT2D eigenvalue weighted by molar-refractivity contribution is 0.546. The summed E-state index contributed by atoms with van der Waals surface area (Å²) in [7, 11) is 0. The molecule has 1 nitrogen and oxygen atoms in total. The summed E-state index contributed by atoms with van der Waals surface area (Å²) in [5.41, 5.74) is 2.72. The summed E-state index contributed by atoms with van der Waals surface area (Å²) in [6, 6.07) is 0. The van der Waals surface area contributed by atoms with Gasteiger partial charge in [-0.1, -0.05) is 26.7 Å². The Morgan fingerprint density at radius 3 is 2.69 bits per heavy atom. The molecule has 1 heterocycles. The summed E-state index contributed by atoms with van der Waals surface area (Å²) in [5.74, 6) is 1.31. The summed E-state index contributed by atoms with van der Waals surface area (Å²) >= 11 is 0. The van der Waals surface area contributed by atoms with Gasteiger partial charge >= 0.3 is 0 Å². The molecule has 1 aromatic heterocycles. The Labute approximate surface area is 80.1 Å². The van der Waals surface area contributed by atoms with Crippen molar-refractivity contribution in [3.8, 4) is 0 Å². The van der Waals surface area contributed by atoms with Crippen LogP contribution in [-0.2, 0) is 0 Å². The van der Waals surface area contributed by atoms with E-state index in [0.29, 0.717) is 5.92 Å². The van der Waals surface area contributed by atoms with Crippen LogP contribution >= 0.6 is 0 Å². The Bertz CT molecular complexity index is 266. The van der Waals surface area contributed by atoms with Crippen molar-refractivity contribution in [1.29, 1.82) is 0 Å². The second-order valence-electron chi connectivity index (χ2n) is 4.34. The van der Waals surface area contributed by atoms with Gasteiger partial charge in [-0.15, -0.1) is 0 Å². The average Bonchev–Trinajstić information content (AvgIpc) is 2.74. The Morgan fingerprint density at radius 2 is 2.08 bits per heavy atom. The molecule has 0 bridgehead atoms. The fourth-order valence-electron chi connectivity index (χ4n) is 2.26. The highest BCUT2D eigenvalue weighted by atomic mass is 16.3. The Kier molecular flexibility index (Phi) is 2.43. The fraction of sp³-hybridized carbons (Fsp3) is 0.667. The molecule has 1 heteroatoms. The molecule has 0 unspecified atom stereocenters. The minimum atomic E-state index is 0.575. The molecule has 1 aliphatic carbocycles. The fourth-order valence-corrected chi connectivity index (χ4v) is 2.26. The SMILES string of the molecule is CC(C)c1co[c]c1C1CCCC1. The van der Waals surface area contributed by atoms with Crippen LogP contribution in [0.4, 0.5) is 0 Å². The number of rotatable bonds is 2. The summed E-state index contributed by atoms with van der Waals surface area (Å²) < 4.78 is 5.19. The van der Waals surface area contributed by atoms with Crippen LogP contribution in [0.3, 0.4) is 0 Å². The topological polar surface area (TPSA) is 13.1 Å². The van der Waals surface area contributed by atoms with Crippen molar-refractivity contribution in [2.24, 2.45) is 0 Å². The monoisotopic (exact) mass is 177 g/mol. The van der Waals surface area contributed by atoms with Crippen LogP contribution in [0.1, 0.15) is 62.5 Å². The zero-order chi connectivity index (χ0) is 9.26. The van der Waals surface area contributed by atoms with E-state index in [4.69, 9.17) is 4.42 Å². The van der Waals surface area contributed by atoms with Crippen molar-refractivity contribution in [3.05, 3.63) is 23.7 Å². The van der Waals surface area contributed by atoms with Crippen LogP contribution in [0.15, 0.2) is 10.7 Å². The normalized spacial score (nSPS) is 18.7. The molecule has 1 saturated carbocycles. The van der Waals surface area contributed by atoms with Gasteiger partial charge in [0.2, 0.25) is 0 Å². The van der Waals surface area contributed by atoms with Crippen LogP contribution in [0.25, 0.3) is 0 Å². The van der Waals surface area contributed by atoms with E-state index in [9.17, 15) is 0 Å². The van der Waals surface area contributed by atoms with Gasteiger partial charge in [0.15, 0.2) is 6.26 Å². The minimum Gasteiger partial charge on any atom is -0.460 e. The van der Waals surface area contributed by atoms with Crippen LogP contribution in [0.2, 0.25) is 0 Å². The maximum Gasteiger partial charge on any atom is 0.173 e. The number of furan rings is 1. The molecule has 1 radical (unpaired) electrons. The van der Waals surface area contributed by atoms with Crippen molar-refractivity contribution in [2.75, 3.05) is 0 Å². The van der Waals surface area contributed by atoms with Crippen molar-refractivity contribution >= 4 is 0 Å². The second kappa shape index (κ2) is 3.57. The Balaban J connectivity index is 2.23. The molecule has 1 fully saturated rings. The molecule has 1 aromatic rings. The maximum absolute atomic E-state index is 5.19. The first-order chi connectivity index (χ1) is 6.29. The van der Waals surface area contributed by atoms with Gasteiger partial charge in [-0.2, -0.15) is 0 Å². The maximum atomic E-state index is 5.19. The molecule has 1 aliphatic rings. The van der Waals surface area contributed by atoms with Gasteiger partial charge in [0, 0.05) is 5.56 Å². The van der Waals surface area contributed by atoms with E-state index >= 15 is 0 Å². The zero-order valence-corrected chi connectivity index (χ0v) is 8.47. The molecule has 0 aromatic carbocycles. The van der Waals surface area contributed by atoms with E-state index in [-0.39, 0.29) is 0 Å². The van der Waals surface area contributed by atoms with Crippen LogP contribution in [-0.4, -0.2) is 0 Å². The molecule has 2 rings (SSSR count). The molecule has 0 atom stereocenters. The van der Waals surface area contributed by atoms with E-state index in [1.807, 2.05) is 6.26 Å². The highest BCUT2D eigenvalue weighted by Crippen LogP contribution is 2.37. The highest BCUT2D eigenvalue weighted by Gasteiger charge is 2.22. The molecule has 0 N–H and O–H groups in total. The predicted octanol–water partition coefficient (Wildman–Crippen LogP) is 3.86. The Hall–Kier alpha value is -0.720. The molecule has 0 aliphatic heterocycles. The molecule has 0 amide bonds. The quantitative estimate of drug-likeness (QED) is 0.668. The smallest absolute Gasteiger partial charge is 0.173 e. The number of hydrogen-bond acceptors (Lipinski definition) is 1. The highest BCUT2D eigenvalue weighted by molar-refractivity contribution is 5.27. The van der Waals surface area contributed by atoms with Gasteiger partial charge in [0.1, 0.15) is 0 Å². The van der Waals surface area contributed by atoms with Gasteiger partial charge in [-0.3, -0.25) is 0 Å². The summed E-state index contributed by atoms with van der Waals surface area (Å²) in [6.45, 7) is 4.44. The third-order valence-electron chi connectivity index (χ3n) is 3.05. The predicted molar refractivity (Wildman–Crippen MR) is 52.8 cm³/mol. The lowest BCUT2D eigenvalue weighted by atomic mass is 9.92. The molecule has 71 valence electrons. The van der Waals surface area contributed by atoms with Gasteiger partial charge in [-0.05, 0) is 30.2 Å². The third kappa shape index (κ3) is 1.65. The van der Waals surface area contributed by atoms with Crippen LogP contribution in [0.5, 0.6) is 0 Å². The van der Waals surface area contributed by atoms with E-state index in [2.05, 4.69) is 20.1 Å². The van der Waals surface area contributed by atoms with Crippen molar-refractivity contribution in [1.82, 2.24) is 0 Å². The number of hydrogen-bond donors (Lipinski definition) is 0. The second-order valence-corrected chi connectivity index (χ2v) is 4.34. The zero-order valence-electron chi connectivity index (χ0n) is 8.47. The van der Waals surface area contributed by atoms with Crippen LogP contribution < -0.4 is 0 Å². The first-order valence-electron chi connectivity index (χ1n) is 5.28. The molecular formula is C12H17O. The minimum absolute atomic E-state index is 0.575. The standard InChI is InChI=1S/C12H17O/c1-9(2)11-7-13-8-12(11)10-5-3-4-6-10/h7,9-10H,3-6H2,1-2H3.